The lowest BCUT2D eigenvalue weighted by molar-refractivity contribution is 0.0950. The van der Waals surface area contributed by atoms with Crippen LogP contribution in [0.2, 0.25) is 0 Å². The molecule has 0 saturated heterocycles. The summed E-state index contributed by atoms with van der Waals surface area (Å²) in [6.07, 6.45) is 3.01. The van der Waals surface area contributed by atoms with E-state index < -0.39 is 0 Å². The highest BCUT2D eigenvalue weighted by atomic mass is 19.1. The number of carbonyl (C=O) groups excluding carboxylic acids is 1. The molecule has 0 radical (unpaired) electrons. The van der Waals surface area contributed by atoms with Gasteiger partial charge in [-0.3, -0.25) is 4.79 Å². The number of hydrogen-bond donors (Lipinski definition) is 2. The molecular weight excluding hydrogens is 359 g/mol. The molecule has 0 aliphatic heterocycles. The molecule has 28 heavy (non-hydrogen) atoms. The van der Waals surface area contributed by atoms with E-state index in [0.717, 1.165) is 17.0 Å². The molecule has 0 aliphatic carbocycles. The Bertz CT molecular complexity index is 911. The van der Waals surface area contributed by atoms with Gasteiger partial charge in [-0.2, -0.15) is 0 Å². The largest absolute Gasteiger partial charge is 0.491 e. The Morgan fingerprint density at radius 3 is 2.29 bits per heavy atom. The van der Waals surface area contributed by atoms with Gasteiger partial charge in [0.2, 0.25) is 5.95 Å². The second-order valence-corrected chi connectivity index (χ2v) is 6.42. The van der Waals surface area contributed by atoms with Gasteiger partial charge in [0.1, 0.15) is 11.6 Å². The first-order valence-electron chi connectivity index (χ1n) is 8.88. The van der Waals surface area contributed by atoms with Crippen molar-refractivity contribution in [2.24, 2.45) is 0 Å². The Labute approximate surface area is 162 Å². The maximum Gasteiger partial charge on any atom is 0.254 e. The van der Waals surface area contributed by atoms with Crippen LogP contribution in [0.25, 0.3) is 0 Å². The number of nitrogens with one attached hydrogen (secondary N) is 2. The van der Waals surface area contributed by atoms with Gasteiger partial charge in [0.15, 0.2) is 0 Å². The van der Waals surface area contributed by atoms with Gasteiger partial charge in [0.05, 0.1) is 11.7 Å². The number of rotatable bonds is 7. The van der Waals surface area contributed by atoms with E-state index in [1.165, 1.54) is 24.5 Å². The first-order chi connectivity index (χ1) is 13.5. The van der Waals surface area contributed by atoms with E-state index in [1.54, 1.807) is 12.1 Å². The normalized spacial score (nSPS) is 10.6. The van der Waals surface area contributed by atoms with Crippen LogP contribution in [-0.2, 0) is 6.54 Å². The van der Waals surface area contributed by atoms with Gasteiger partial charge in [-0.15, -0.1) is 0 Å². The number of aromatic nitrogens is 2. The van der Waals surface area contributed by atoms with E-state index >= 15 is 0 Å². The van der Waals surface area contributed by atoms with Crippen molar-refractivity contribution in [1.29, 1.82) is 0 Å². The van der Waals surface area contributed by atoms with Crippen LogP contribution in [-0.4, -0.2) is 22.0 Å². The van der Waals surface area contributed by atoms with Gasteiger partial charge >= 0.3 is 0 Å². The zero-order chi connectivity index (χ0) is 19.9. The van der Waals surface area contributed by atoms with Crippen LogP contribution in [0, 0.1) is 5.82 Å². The molecule has 0 saturated carbocycles. The summed E-state index contributed by atoms with van der Waals surface area (Å²) >= 11 is 0. The van der Waals surface area contributed by atoms with Crippen LogP contribution in [0.15, 0.2) is 60.9 Å². The quantitative estimate of drug-likeness (QED) is 0.646. The van der Waals surface area contributed by atoms with Crippen LogP contribution in [0.4, 0.5) is 16.0 Å². The van der Waals surface area contributed by atoms with E-state index in [1.807, 2.05) is 38.1 Å². The Morgan fingerprint density at radius 1 is 1.04 bits per heavy atom. The number of hydrogen-bond acceptors (Lipinski definition) is 5. The summed E-state index contributed by atoms with van der Waals surface area (Å²) in [6.45, 7) is 4.23. The van der Waals surface area contributed by atoms with E-state index in [0.29, 0.717) is 18.1 Å². The number of carbonyl (C=O) groups is 1. The first-order valence-corrected chi connectivity index (χ1v) is 8.88. The minimum Gasteiger partial charge on any atom is -0.491 e. The summed E-state index contributed by atoms with van der Waals surface area (Å²) < 4.78 is 18.5. The van der Waals surface area contributed by atoms with Crippen molar-refractivity contribution in [2.75, 3.05) is 5.32 Å². The van der Waals surface area contributed by atoms with Crippen LogP contribution in [0.5, 0.6) is 5.75 Å². The lowest BCUT2D eigenvalue weighted by Crippen LogP contribution is -2.23. The Balaban J connectivity index is 1.55. The number of ether oxygens (including phenoxy) is 1. The molecule has 0 fully saturated rings. The SMILES string of the molecule is CC(C)Oc1ccc(Nc2ncc(C(=O)NCc3ccc(F)cc3)cn2)cc1. The molecule has 1 amide bonds. The molecule has 0 atom stereocenters. The molecule has 3 rings (SSSR count). The van der Waals surface area contributed by atoms with Crippen molar-refractivity contribution in [3.63, 3.8) is 0 Å². The molecule has 0 unspecified atom stereocenters. The van der Waals surface area contributed by atoms with Gasteiger partial charge in [0, 0.05) is 24.6 Å². The molecule has 7 heteroatoms. The Morgan fingerprint density at radius 2 is 1.68 bits per heavy atom. The van der Waals surface area contributed by atoms with Crippen LogP contribution < -0.4 is 15.4 Å². The zero-order valence-electron chi connectivity index (χ0n) is 15.6. The molecule has 1 heterocycles. The van der Waals surface area contributed by atoms with Gasteiger partial charge in [-0.25, -0.2) is 14.4 Å². The van der Waals surface area contributed by atoms with Gasteiger partial charge < -0.3 is 15.4 Å². The topological polar surface area (TPSA) is 76.1 Å². The summed E-state index contributed by atoms with van der Waals surface area (Å²) in [7, 11) is 0. The lowest BCUT2D eigenvalue weighted by atomic mass is 10.2. The molecule has 2 aromatic carbocycles. The molecule has 0 bridgehead atoms. The van der Waals surface area contributed by atoms with Crippen molar-refractivity contribution in [3.8, 4) is 5.75 Å². The molecule has 144 valence electrons. The predicted molar refractivity (Wildman–Crippen MR) is 105 cm³/mol. The maximum atomic E-state index is 12.9. The summed E-state index contributed by atoms with van der Waals surface area (Å²) in [4.78, 5) is 20.5. The fourth-order valence-electron chi connectivity index (χ4n) is 2.41. The van der Waals surface area contributed by atoms with Crippen molar-refractivity contribution in [1.82, 2.24) is 15.3 Å². The summed E-state index contributed by atoms with van der Waals surface area (Å²) in [6, 6.07) is 13.4. The van der Waals surface area contributed by atoms with Crippen molar-refractivity contribution in [3.05, 3.63) is 77.9 Å². The molecule has 0 aliphatic rings. The number of benzene rings is 2. The van der Waals surface area contributed by atoms with Gasteiger partial charge in [0.25, 0.3) is 5.91 Å². The monoisotopic (exact) mass is 380 g/mol. The first kappa shape index (κ1) is 19.3. The minimum absolute atomic E-state index is 0.115. The second-order valence-electron chi connectivity index (χ2n) is 6.42. The highest BCUT2D eigenvalue weighted by molar-refractivity contribution is 5.93. The standard InChI is InChI=1S/C21H21FN4O2/c1-14(2)28-19-9-7-18(8-10-19)26-21-24-12-16(13-25-21)20(27)23-11-15-3-5-17(22)6-4-15/h3-10,12-14H,11H2,1-2H3,(H,23,27)(H,24,25,26). The Kier molecular flexibility index (Phi) is 6.16. The fourth-order valence-corrected chi connectivity index (χ4v) is 2.41. The molecule has 2 N–H and O–H groups in total. The van der Waals surface area contributed by atoms with E-state index in [9.17, 15) is 9.18 Å². The maximum absolute atomic E-state index is 12.9. The molecule has 1 aromatic heterocycles. The predicted octanol–water partition coefficient (Wildman–Crippen LogP) is 4.08. The Hall–Kier alpha value is -3.48. The smallest absolute Gasteiger partial charge is 0.254 e. The third-order valence-electron chi connectivity index (χ3n) is 3.76. The van der Waals surface area contributed by atoms with Gasteiger partial charge in [-0.05, 0) is 55.8 Å². The molecule has 3 aromatic rings. The van der Waals surface area contributed by atoms with E-state index in [4.69, 9.17) is 4.74 Å². The third kappa shape index (κ3) is 5.51. The van der Waals surface area contributed by atoms with Gasteiger partial charge in [-0.1, -0.05) is 12.1 Å². The highest BCUT2D eigenvalue weighted by Crippen LogP contribution is 2.19. The fraction of sp³-hybridized carbons (Fsp3) is 0.190. The molecule has 0 spiro atoms. The second kappa shape index (κ2) is 8.94. The highest BCUT2D eigenvalue weighted by Gasteiger charge is 2.08. The van der Waals surface area contributed by atoms with Crippen molar-refractivity contribution >= 4 is 17.5 Å². The van der Waals surface area contributed by atoms with E-state index in [-0.39, 0.29) is 17.8 Å². The average Bonchev–Trinajstić information content (AvgIpc) is 2.69. The molecular formula is C21H21FN4O2. The number of anilines is 2. The van der Waals surface area contributed by atoms with E-state index in [2.05, 4.69) is 20.6 Å². The summed E-state index contributed by atoms with van der Waals surface area (Å²) in [5.74, 6) is 0.557. The zero-order valence-corrected chi connectivity index (χ0v) is 15.6. The number of amides is 1. The lowest BCUT2D eigenvalue weighted by Gasteiger charge is -2.10. The summed E-state index contributed by atoms with van der Waals surface area (Å²) in [5, 5.41) is 5.82. The van der Waals surface area contributed by atoms with Crippen molar-refractivity contribution in [2.45, 2.75) is 26.5 Å². The molecule has 6 nitrogen and oxygen atoms in total. The average molecular weight is 380 g/mol. The van der Waals surface area contributed by atoms with Crippen LogP contribution >= 0.6 is 0 Å². The van der Waals surface area contributed by atoms with Crippen molar-refractivity contribution < 1.29 is 13.9 Å². The number of halogens is 1. The minimum atomic E-state index is -0.311. The number of nitrogens with zero attached hydrogens (tertiary/aromatic N) is 2. The van der Waals surface area contributed by atoms with Crippen LogP contribution in [0.1, 0.15) is 29.8 Å². The third-order valence-corrected chi connectivity index (χ3v) is 3.76. The summed E-state index contributed by atoms with van der Waals surface area (Å²) in [5.41, 5.74) is 1.96. The van der Waals surface area contributed by atoms with Crippen LogP contribution in [0.3, 0.4) is 0 Å².